The van der Waals surface area contributed by atoms with Gasteiger partial charge in [-0.1, -0.05) is 44.9 Å². The van der Waals surface area contributed by atoms with E-state index in [4.69, 9.17) is 9.47 Å². The highest BCUT2D eigenvalue weighted by molar-refractivity contribution is 5.35. The van der Waals surface area contributed by atoms with Gasteiger partial charge in [0, 0.05) is 18.2 Å². The average molecular weight is 291 g/mol. The van der Waals surface area contributed by atoms with E-state index in [-0.39, 0.29) is 6.10 Å². The number of benzene rings is 1. The molecule has 1 aliphatic rings. The number of rotatable bonds is 8. The Hall–Kier alpha value is -1.06. The van der Waals surface area contributed by atoms with Crippen LogP contribution in [0.1, 0.15) is 51.2 Å². The summed E-state index contributed by atoms with van der Waals surface area (Å²) in [4.78, 5) is 0. The molecule has 3 nitrogen and oxygen atoms in total. The largest absolute Gasteiger partial charge is 0.496 e. The van der Waals surface area contributed by atoms with E-state index in [0.717, 1.165) is 30.4 Å². The second-order valence-corrected chi connectivity index (χ2v) is 6.28. The summed E-state index contributed by atoms with van der Waals surface area (Å²) >= 11 is 0. The van der Waals surface area contributed by atoms with E-state index in [0.29, 0.717) is 6.04 Å². The van der Waals surface area contributed by atoms with Crippen LogP contribution in [0.2, 0.25) is 0 Å². The highest BCUT2D eigenvalue weighted by Crippen LogP contribution is 2.30. The number of para-hydroxylation sites is 1. The van der Waals surface area contributed by atoms with E-state index in [1.807, 2.05) is 12.1 Å². The van der Waals surface area contributed by atoms with E-state index >= 15 is 0 Å². The molecule has 1 aromatic rings. The molecule has 0 saturated heterocycles. The van der Waals surface area contributed by atoms with Gasteiger partial charge in [-0.2, -0.15) is 0 Å². The number of hydrogen-bond acceptors (Lipinski definition) is 3. The third-order valence-corrected chi connectivity index (χ3v) is 4.21. The quantitative estimate of drug-likeness (QED) is 0.787. The molecule has 1 N–H and O–H groups in total. The molecule has 0 heterocycles. The van der Waals surface area contributed by atoms with Crippen molar-refractivity contribution in [2.24, 2.45) is 5.92 Å². The summed E-state index contributed by atoms with van der Waals surface area (Å²) in [7, 11) is 1.72. The van der Waals surface area contributed by atoms with E-state index in [9.17, 15) is 0 Å². The molecule has 0 aliphatic heterocycles. The molecule has 1 fully saturated rings. The first-order chi connectivity index (χ1) is 10.2. The molecule has 0 bridgehead atoms. The minimum atomic E-state index is 0.0594. The summed E-state index contributed by atoms with van der Waals surface area (Å²) in [5.74, 6) is 1.65. The molecule has 1 unspecified atom stereocenters. The Balaban J connectivity index is 2.02. The van der Waals surface area contributed by atoms with Crippen LogP contribution in [0, 0.1) is 5.92 Å². The fourth-order valence-electron chi connectivity index (χ4n) is 2.96. The molecule has 118 valence electrons. The summed E-state index contributed by atoms with van der Waals surface area (Å²) in [6.45, 7) is 6.01. The zero-order valence-electron chi connectivity index (χ0n) is 13.6. The third kappa shape index (κ3) is 5.01. The predicted octanol–water partition coefficient (Wildman–Crippen LogP) is 3.94. The number of methoxy groups -OCH3 is 1. The van der Waals surface area contributed by atoms with Crippen molar-refractivity contribution >= 4 is 0 Å². The Morgan fingerprint density at radius 1 is 1.19 bits per heavy atom. The van der Waals surface area contributed by atoms with Crippen LogP contribution in [0.3, 0.4) is 0 Å². The molecule has 21 heavy (non-hydrogen) atoms. The molecular formula is C18H29NO2. The Morgan fingerprint density at radius 3 is 2.57 bits per heavy atom. The van der Waals surface area contributed by atoms with Gasteiger partial charge >= 0.3 is 0 Å². The molecule has 1 atom stereocenters. The first-order valence-corrected chi connectivity index (χ1v) is 8.18. The van der Waals surface area contributed by atoms with Crippen molar-refractivity contribution in [3.63, 3.8) is 0 Å². The maximum atomic E-state index is 6.26. The lowest BCUT2D eigenvalue weighted by Gasteiger charge is -2.23. The first kappa shape index (κ1) is 16.3. The lowest BCUT2D eigenvalue weighted by Crippen LogP contribution is -2.30. The number of hydrogen-bond donors (Lipinski definition) is 1. The van der Waals surface area contributed by atoms with Crippen molar-refractivity contribution in [2.45, 2.75) is 51.7 Å². The predicted molar refractivity (Wildman–Crippen MR) is 86.8 cm³/mol. The van der Waals surface area contributed by atoms with Gasteiger partial charge in [0.15, 0.2) is 0 Å². The molecule has 0 aromatic heterocycles. The van der Waals surface area contributed by atoms with Gasteiger partial charge in [-0.25, -0.2) is 0 Å². The van der Waals surface area contributed by atoms with Gasteiger partial charge in [-0.15, -0.1) is 0 Å². The van der Waals surface area contributed by atoms with Gasteiger partial charge in [-0.3, -0.25) is 0 Å². The SMILES string of the molecule is COc1ccccc1C(CNC(C)C)OCC1CCCC1. The van der Waals surface area contributed by atoms with E-state index < -0.39 is 0 Å². The number of nitrogens with one attached hydrogen (secondary N) is 1. The third-order valence-electron chi connectivity index (χ3n) is 4.21. The maximum absolute atomic E-state index is 6.26. The molecule has 1 saturated carbocycles. The van der Waals surface area contributed by atoms with Crippen LogP contribution in [0.15, 0.2) is 24.3 Å². The molecule has 2 rings (SSSR count). The minimum absolute atomic E-state index is 0.0594. The molecular weight excluding hydrogens is 262 g/mol. The second-order valence-electron chi connectivity index (χ2n) is 6.28. The van der Waals surface area contributed by atoms with Crippen LogP contribution >= 0.6 is 0 Å². The van der Waals surface area contributed by atoms with Crippen molar-refractivity contribution in [2.75, 3.05) is 20.3 Å². The van der Waals surface area contributed by atoms with E-state index in [2.05, 4.69) is 31.3 Å². The van der Waals surface area contributed by atoms with E-state index in [1.165, 1.54) is 25.7 Å². The van der Waals surface area contributed by atoms with Crippen molar-refractivity contribution in [3.8, 4) is 5.75 Å². The second kappa shape index (κ2) is 8.40. The first-order valence-electron chi connectivity index (χ1n) is 8.18. The van der Waals surface area contributed by atoms with Gasteiger partial charge in [-0.05, 0) is 24.8 Å². The van der Waals surface area contributed by atoms with Gasteiger partial charge in [0.1, 0.15) is 5.75 Å². The fourth-order valence-corrected chi connectivity index (χ4v) is 2.96. The Morgan fingerprint density at radius 2 is 1.90 bits per heavy atom. The highest BCUT2D eigenvalue weighted by atomic mass is 16.5. The van der Waals surface area contributed by atoms with E-state index in [1.54, 1.807) is 7.11 Å². The lowest BCUT2D eigenvalue weighted by molar-refractivity contribution is 0.0271. The van der Waals surface area contributed by atoms with Crippen LogP contribution in [-0.2, 0) is 4.74 Å². The molecule has 0 amide bonds. The van der Waals surface area contributed by atoms with Crippen LogP contribution in [0.4, 0.5) is 0 Å². The minimum Gasteiger partial charge on any atom is -0.496 e. The van der Waals surface area contributed by atoms with Gasteiger partial charge < -0.3 is 14.8 Å². The standard InChI is InChI=1S/C18H29NO2/c1-14(2)19-12-18(21-13-15-8-4-5-9-15)16-10-6-7-11-17(16)20-3/h6-7,10-11,14-15,18-19H,4-5,8-9,12-13H2,1-3H3. The van der Waals surface area contributed by atoms with Crippen LogP contribution in [-0.4, -0.2) is 26.3 Å². The monoisotopic (exact) mass is 291 g/mol. The van der Waals surface area contributed by atoms with Crippen LogP contribution < -0.4 is 10.1 Å². The van der Waals surface area contributed by atoms with Gasteiger partial charge in [0.2, 0.25) is 0 Å². The Kier molecular flexibility index (Phi) is 6.52. The summed E-state index contributed by atoms with van der Waals surface area (Å²) in [6.07, 6.45) is 5.41. The fraction of sp³-hybridized carbons (Fsp3) is 0.667. The zero-order chi connectivity index (χ0) is 15.1. The smallest absolute Gasteiger partial charge is 0.124 e. The maximum Gasteiger partial charge on any atom is 0.124 e. The summed E-state index contributed by atoms with van der Waals surface area (Å²) < 4.78 is 11.8. The Bertz CT molecular complexity index is 413. The average Bonchev–Trinajstić information content (AvgIpc) is 3.00. The Labute approximate surface area is 129 Å². The van der Waals surface area contributed by atoms with Crippen LogP contribution in [0.25, 0.3) is 0 Å². The topological polar surface area (TPSA) is 30.5 Å². The summed E-state index contributed by atoms with van der Waals surface area (Å²) in [5.41, 5.74) is 1.14. The summed E-state index contributed by atoms with van der Waals surface area (Å²) in [6, 6.07) is 8.64. The van der Waals surface area contributed by atoms with Crippen molar-refractivity contribution < 1.29 is 9.47 Å². The van der Waals surface area contributed by atoms with Crippen molar-refractivity contribution in [1.82, 2.24) is 5.32 Å². The summed E-state index contributed by atoms with van der Waals surface area (Å²) in [5, 5.41) is 3.49. The van der Waals surface area contributed by atoms with Crippen molar-refractivity contribution in [1.29, 1.82) is 0 Å². The van der Waals surface area contributed by atoms with Gasteiger partial charge in [0.05, 0.1) is 19.8 Å². The van der Waals surface area contributed by atoms with Gasteiger partial charge in [0.25, 0.3) is 0 Å². The molecule has 0 radical (unpaired) electrons. The zero-order valence-corrected chi connectivity index (χ0v) is 13.6. The molecule has 0 spiro atoms. The normalized spacial score (nSPS) is 17.3. The highest BCUT2D eigenvalue weighted by Gasteiger charge is 2.21. The lowest BCUT2D eigenvalue weighted by atomic mass is 10.1. The van der Waals surface area contributed by atoms with Crippen LogP contribution in [0.5, 0.6) is 5.75 Å². The van der Waals surface area contributed by atoms with Crippen molar-refractivity contribution in [3.05, 3.63) is 29.8 Å². The number of ether oxygens (including phenoxy) is 2. The molecule has 1 aliphatic carbocycles. The molecule has 1 aromatic carbocycles. The molecule has 3 heteroatoms.